The number of phosphoric acid groups is 1. The minimum Gasteiger partial charge on any atom is -0.371 e. The Bertz CT molecular complexity index is 252. The number of rotatable bonds is 5. The molecular weight excluding hydrogens is 245 g/mol. The van der Waals surface area contributed by atoms with Gasteiger partial charge in [-0.15, -0.1) is 12.4 Å². The Morgan fingerprint density at radius 1 is 1.40 bits per heavy atom. The molecule has 0 aromatic heterocycles. The van der Waals surface area contributed by atoms with E-state index in [4.69, 9.17) is 4.89 Å². The summed E-state index contributed by atoms with van der Waals surface area (Å²) < 4.78 is 20.3. The number of carbonyl (C=O) groups is 1. The number of hydrogen-bond acceptors (Lipinski definition) is 4. The number of nitrogens with zero attached hydrogens (tertiary/aromatic N) is 1. The number of carbonyl (C=O) groups excluding carboxylic acids is 1. The fourth-order valence-electron chi connectivity index (χ4n) is 0.619. The summed E-state index contributed by atoms with van der Waals surface area (Å²) >= 11 is 0. The summed E-state index contributed by atoms with van der Waals surface area (Å²) in [6.45, 7) is 1.66. The number of halogens is 1. The van der Waals surface area contributed by atoms with Gasteiger partial charge in [-0.25, -0.2) is 4.57 Å². The quantitative estimate of drug-likeness (QED) is 0.586. The van der Waals surface area contributed by atoms with Crippen molar-refractivity contribution in [2.75, 3.05) is 34.3 Å². The van der Waals surface area contributed by atoms with Crippen LogP contribution in [0.5, 0.6) is 0 Å². The van der Waals surface area contributed by atoms with Crippen LogP contribution in [0.25, 0.3) is 0 Å². The van der Waals surface area contributed by atoms with Crippen molar-refractivity contribution in [3.05, 3.63) is 0 Å². The van der Waals surface area contributed by atoms with Crippen LogP contribution in [0.4, 0.5) is 0 Å². The van der Waals surface area contributed by atoms with Crippen LogP contribution < -0.4 is 0 Å². The summed E-state index contributed by atoms with van der Waals surface area (Å²) in [5, 5.41) is 0. The van der Waals surface area contributed by atoms with E-state index in [1.807, 2.05) is 21.1 Å². The van der Waals surface area contributed by atoms with Gasteiger partial charge in [0, 0.05) is 6.92 Å². The Balaban J connectivity index is 0. The maximum absolute atomic E-state index is 11.0. The van der Waals surface area contributed by atoms with Crippen LogP contribution in [0.2, 0.25) is 0 Å². The predicted molar refractivity (Wildman–Crippen MR) is 57.7 cm³/mol. The first-order chi connectivity index (χ1) is 6.12. The summed E-state index contributed by atoms with van der Waals surface area (Å²) in [5.74, 6) is -0.832. The molecule has 0 amide bonds. The summed E-state index contributed by atoms with van der Waals surface area (Å²) in [6, 6.07) is 0. The van der Waals surface area contributed by atoms with Crippen molar-refractivity contribution >= 4 is 26.2 Å². The summed E-state index contributed by atoms with van der Waals surface area (Å²) in [5.41, 5.74) is 0. The first-order valence-corrected chi connectivity index (χ1v) is 5.60. The smallest absolute Gasteiger partial charge is 0.371 e. The average molecular weight is 263 g/mol. The fourth-order valence-corrected chi connectivity index (χ4v) is 1.31. The molecule has 0 saturated carbocycles. The Hall–Kier alpha value is -0.130. The van der Waals surface area contributed by atoms with Crippen LogP contribution in [-0.2, 0) is 18.4 Å². The Morgan fingerprint density at radius 2 is 1.87 bits per heavy atom. The van der Waals surface area contributed by atoms with E-state index in [1.54, 1.807) is 0 Å². The molecule has 8 heteroatoms. The molecular formula is C7H18ClNO5P+. The molecule has 0 saturated heterocycles. The van der Waals surface area contributed by atoms with E-state index in [1.165, 1.54) is 0 Å². The fraction of sp³-hybridized carbons (Fsp3) is 0.857. The topological polar surface area (TPSA) is 72.8 Å². The van der Waals surface area contributed by atoms with Gasteiger partial charge >= 0.3 is 13.8 Å². The molecule has 0 heterocycles. The maximum atomic E-state index is 11.0. The van der Waals surface area contributed by atoms with Crippen molar-refractivity contribution in [3.63, 3.8) is 0 Å². The standard InChI is InChI=1S/C7H16NO5P.ClH/c1-7(9)13-14(10,11)12-6-5-8(2,3)4;/h5-6H2,1-4H3;1H/p+1. The molecule has 0 aromatic carbocycles. The lowest BCUT2D eigenvalue weighted by Crippen LogP contribution is -2.37. The molecule has 92 valence electrons. The van der Waals surface area contributed by atoms with Crippen LogP contribution in [0.3, 0.4) is 0 Å². The third kappa shape index (κ3) is 11.8. The van der Waals surface area contributed by atoms with Gasteiger partial charge in [-0.3, -0.25) is 14.2 Å². The van der Waals surface area contributed by atoms with Crippen molar-refractivity contribution in [3.8, 4) is 0 Å². The lowest BCUT2D eigenvalue weighted by molar-refractivity contribution is -0.870. The molecule has 1 atom stereocenters. The largest absolute Gasteiger partial charge is 0.529 e. The van der Waals surface area contributed by atoms with Crippen LogP contribution in [0.15, 0.2) is 0 Å². The molecule has 0 bridgehead atoms. The normalized spacial score (nSPS) is 15.0. The van der Waals surface area contributed by atoms with E-state index in [0.717, 1.165) is 6.92 Å². The Morgan fingerprint density at radius 3 is 2.20 bits per heavy atom. The van der Waals surface area contributed by atoms with Gasteiger partial charge in [-0.2, -0.15) is 0 Å². The van der Waals surface area contributed by atoms with Gasteiger partial charge in [-0.05, 0) is 0 Å². The molecule has 0 fully saturated rings. The third-order valence-corrected chi connectivity index (χ3v) is 2.26. The van der Waals surface area contributed by atoms with Gasteiger partial charge in [0.2, 0.25) is 0 Å². The first kappa shape index (κ1) is 17.3. The molecule has 6 nitrogen and oxygen atoms in total. The molecule has 0 aliphatic carbocycles. The Kier molecular flexibility index (Phi) is 7.43. The van der Waals surface area contributed by atoms with E-state index in [2.05, 4.69) is 9.05 Å². The van der Waals surface area contributed by atoms with E-state index in [9.17, 15) is 9.36 Å². The van der Waals surface area contributed by atoms with Crippen molar-refractivity contribution in [1.29, 1.82) is 0 Å². The lowest BCUT2D eigenvalue weighted by atomic mass is 10.5. The van der Waals surface area contributed by atoms with Gasteiger partial charge < -0.3 is 9.01 Å². The molecule has 1 unspecified atom stereocenters. The minimum absolute atomic E-state index is 0. The second kappa shape index (κ2) is 6.45. The van der Waals surface area contributed by atoms with E-state index in [-0.39, 0.29) is 19.0 Å². The zero-order valence-electron chi connectivity index (χ0n) is 9.30. The van der Waals surface area contributed by atoms with Crippen molar-refractivity contribution < 1.29 is 27.8 Å². The SMILES string of the molecule is CC(=O)OP(=O)(O)OCC[N+](C)(C)C.Cl. The van der Waals surface area contributed by atoms with E-state index in [0.29, 0.717) is 11.0 Å². The Labute approximate surface area is 95.8 Å². The van der Waals surface area contributed by atoms with Gasteiger partial charge in [0.25, 0.3) is 0 Å². The molecule has 0 aromatic rings. The molecule has 15 heavy (non-hydrogen) atoms. The summed E-state index contributed by atoms with van der Waals surface area (Å²) in [6.07, 6.45) is 0. The van der Waals surface area contributed by atoms with Crippen LogP contribution in [0.1, 0.15) is 6.92 Å². The zero-order valence-corrected chi connectivity index (χ0v) is 11.0. The number of phosphoric ester groups is 1. The van der Waals surface area contributed by atoms with E-state index < -0.39 is 13.8 Å². The summed E-state index contributed by atoms with van der Waals surface area (Å²) in [7, 11) is 1.55. The maximum Gasteiger partial charge on any atom is 0.529 e. The molecule has 0 rings (SSSR count). The predicted octanol–water partition coefficient (Wildman–Crippen LogP) is 0.794. The highest BCUT2D eigenvalue weighted by atomic mass is 35.5. The number of hydrogen-bond donors (Lipinski definition) is 1. The average Bonchev–Trinajstić information content (AvgIpc) is 1.78. The highest BCUT2D eigenvalue weighted by Crippen LogP contribution is 2.42. The minimum atomic E-state index is -4.19. The molecule has 0 spiro atoms. The number of likely N-dealkylation sites (N-methyl/N-ethyl adjacent to an activating group) is 1. The molecule has 1 N–H and O–H groups in total. The van der Waals surface area contributed by atoms with Crippen molar-refractivity contribution in [2.24, 2.45) is 0 Å². The van der Waals surface area contributed by atoms with Crippen molar-refractivity contribution in [1.82, 2.24) is 0 Å². The monoisotopic (exact) mass is 262 g/mol. The zero-order chi connectivity index (χ0) is 11.4. The van der Waals surface area contributed by atoms with Crippen LogP contribution in [0, 0.1) is 0 Å². The first-order valence-electron chi connectivity index (χ1n) is 4.10. The van der Waals surface area contributed by atoms with Crippen molar-refractivity contribution in [2.45, 2.75) is 6.92 Å². The molecule has 0 aliphatic heterocycles. The molecule has 0 aliphatic rings. The second-order valence-corrected chi connectivity index (χ2v) is 5.28. The highest BCUT2D eigenvalue weighted by molar-refractivity contribution is 7.48. The third-order valence-electron chi connectivity index (χ3n) is 1.26. The second-order valence-electron chi connectivity index (χ2n) is 3.90. The van der Waals surface area contributed by atoms with Gasteiger partial charge in [0.1, 0.15) is 13.2 Å². The summed E-state index contributed by atoms with van der Waals surface area (Å²) in [4.78, 5) is 19.3. The van der Waals surface area contributed by atoms with Crippen LogP contribution in [-0.4, -0.2) is 49.6 Å². The van der Waals surface area contributed by atoms with Gasteiger partial charge in [0.15, 0.2) is 0 Å². The van der Waals surface area contributed by atoms with Gasteiger partial charge in [0.05, 0.1) is 21.1 Å². The van der Waals surface area contributed by atoms with Crippen LogP contribution >= 0.6 is 20.2 Å². The van der Waals surface area contributed by atoms with E-state index >= 15 is 0 Å². The molecule has 0 radical (unpaired) electrons. The number of quaternary nitrogens is 1. The highest BCUT2D eigenvalue weighted by Gasteiger charge is 2.25. The lowest BCUT2D eigenvalue weighted by Gasteiger charge is -2.23. The van der Waals surface area contributed by atoms with Gasteiger partial charge in [-0.1, -0.05) is 0 Å².